The molecule has 0 fully saturated rings. The second-order valence-electron chi connectivity index (χ2n) is 7.86. The lowest BCUT2D eigenvalue weighted by Crippen LogP contribution is -2.52. The number of rotatable bonds is 10. The van der Waals surface area contributed by atoms with Crippen molar-refractivity contribution in [3.8, 4) is 0 Å². The normalized spacial score (nSPS) is 13.2. The van der Waals surface area contributed by atoms with Gasteiger partial charge in [0.25, 0.3) is 0 Å². The number of nitrogens with one attached hydrogen (secondary N) is 1. The van der Waals surface area contributed by atoms with Gasteiger partial charge in [-0.2, -0.15) is 0 Å². The van der Waals surface area contributed by atoms with Crippen molar-refractivity contribution in [2.75, 3.05) is 17.1 Å². The molecule has 0 heterocycles. The van der Waals surface area contributed by atoms with Crippen molar-refractivity contribution in [3.63, 3.8) is 0 Å². The molecule has 1 N–H and O–H groups in total. The average Bonchev–Trinajstić information content (AvgIpc) is 2.75. The molecule has 0 aliphatic rings. The molecule has 2 aromatic carbocycles. The summed E-state index contributed by atoms with van der Waals surface area (Å²) in [7, 11) is -3.77. The summed E-state index contributed by atoms with van der Waals surface area (Å²) in [4.78, 5) is 27.7. The van der Waals surface area contributed by atoms with Gasteiger partial charge in [0.2, 0.25) is 21.8 Å². The van der Waals surface area contributed by atoms with E-state index in [0.29, 0.717) is 20.7 Å². The highest BCUT2D eigenvalue weighted by molar-refractivity contribution is 9.10. The fourth-order valence-electron chi connectivity index (χ4n) is 3.10. The van der Waals surface area contributed by atoms with Gasteiger partial charge in [0.05, 0.1) is 11.9 Å². The maximum absolute atomic E-state index is 13.5. The topological polar surface area (TPSA) is 86.8 Å². The van der Waals surface area contributed by atoms with Crippen molar-refractivity contribution in [3.05, 3.63) is 63.6 Å². The molecule has 0 radical (unpaired) electrons. The molecular weight excluding hydrogens is 530 g/mol. The Morgan fingerprint density at radius 1 is 1.12 bits per heavy atom. The highest BCUT2D eigenvalue weighted by atomic mass is 79.9. The Hall–Kier alpha value is -2.10. The quantitative estimate of drug-likeness (QED) is 0.474. The minimum absolute atomic E-state index is 0.0592. The lowest BCUT2D eigenvalue weighted by atomic mass is 10.1. The molecule has 0 aliphatic carbocycles. The summed E-state index contributed by atoms with van der Waals surface area (Å²) in [6.07, 6.45) is 1.78. The molecule has 0 unspecified atom stereocenters. The van der Waals surface area contributed by atoms with Gasteiger partial charge < -0.3 is 10.2 Å². The third-order valence-electron chi connectivity index (χ3n) is 5.24. The first kappa shape index (κ1) is 27.1. The first-order valence-corrected chi connectivity index (χ1v) is 13.5. The van der Waals surface area contributed by atoms with E-state index < -0.39 is 28.5 Å². The fraction of sp³-hybridized carbons (Fsp3) is 0.391. The van der Waals surface area contributed by atoms with Crippen molar-refractivity contribution < 1.29 is 18.0 Å². The average molecular weight is 559 g/mol. The molecule has 2 rings (SSSR count). The SMILES string of the molecule is CC[C@H](C)NC(=O)[C@H](C)N(Cc1ccccc1Cl)C(=O)CN(c1cccc(Br)c1)S(C)(=O)=O. The molecule has 0 aromatic heterocycles. The Labute approximate surface area is 209 Å². The van der Waals surface area contributed by atoms with E-state index in [0.717, 1.165) is 17.0 Å². The van der Waals surface area contributed by atoms with Crippen molar-refractivity contribution in [2.45, 2.75) is 45.8 Å². The van der Waals surface area contributed by atoms with E-state index in [9.17, 15) is 18.0 Å². The summed E-state index contributed by atoms with van der Waals surface area (Å²) in [5.41, 5.74) is 0.999. The number of hydrogen-bond acceptors (Lipinski definition) is 4. The molecule has 33 heavy (non-hydrogen) atoms. The molecule has 0 saturated carbocycles. The van der Waals surface area contributed by atoms with Gasteiger partial charge in [-0.25, -0.2) is 8.42 Å². The molecule has 0 bridgehead atoms. The van der Waals surface area contributed by atoms with Crippen LogP contribution in [0.5, 0.6) is 0 Å². The first-order valence-electron chi connectivity index (χ1n) is 10.5. The molecule has 180 valence electrons. The molecule has 2 atom stereocenters. The molecule has 7 nitrogen and oxygen atoms in total. The van der Waals surface area contributed by atoms with Crippen LogP contribution in [-0.2, 0) is 26.2 Å². The van der Waals surface area contributed by atoms with E-state index in [4.69, 9.17) is 11.6 Å². The Bertz CT molecular complexity index is 1100. The smallest absolute Gasteiger partial charge is 0.244 e. The number of carbonyl (C=O) groups excluding carboxylic acids is 2. The Morgan fingerprint density at radius 3 is 2.36 bits per heavy atom. The zero-order valence-corrected chi connectivity index (χ0v) is 22.2. The Kier molecular flexibility index (Phi) is 9.75. The van der Waals surface area contributed by atoms with Gasteiger partial charge in [-0.05, 0) is 50.1 Å². The Balaban J connectivity index is 2.40. The fourth-order valence-corrected chi connectivity index (χ4v) is 4.53. The highest BCUT2D eigenvalue weighted by Crippen LogP contribution is 2.24. The predicted octanol–water partition coefficient (Wildman–Crippen LogP) is 4.20. The van der Waals surface area contributed by atoms with Crippen LogP contribution < -0.4 is 9.62 Å². The number of hydrogen-bond donors (Lipinski definition) is 1. The molecule has 0 saturated heterocycles. The predicted molar refractivity (Wildman–Crippen MR) is 136 cm³/mol. The van der Waals surface area contributed by atoms with Crippen molar-refractivity contribution in [1.82, 2.24) is 10.2 Å². The van der Waals surface area contributed by atoms with E-state index >= 15 is 0 Å². The zero-order chi connectivity index (χ0) is 24.8. The van der Waals surface area contributed by atoms with Gasteiger partial charge in [0.1, 0.15) is 12.6 Å². The minimum Gasteiger partial charge on any atom is -0.352 e. The molecule has 2 amide bonds. The second kappa shape index (κ2) is 11.9. The van der Waals surface area contributed by atoms with Crippen LogP contribution in [-0.4, -0.2) is 50.0 Å². The third kappa shape index (κ3) is 7.72. The Morgan fingerprint density at radius 2 is 1.79 bits per heavy atom. The van der Waals surface area contributed by atoms with Crippen LogP contribution in [0.15, 0.2) is 53.0 Å². The lowest BCUT2D eigenvalue weighted by molar-refractivity contribution is -0.139. The summed E-state index contributed by atoms with van der Waals surface area (Å²) in [6.45, 7) is 5.05. The number of amides is 2. The van der Waals surface area contributed by atoms with E-state index in [1.165, 1.54) is 4.90 Å². The maximum Gasteiger partial charge on any atom is 0.244 e. The van der Waals surface area contributed by atoms with Gasteiger partial charge in [-0.15, -0.1) is 0 Å². The number of halogens is 2. The number of benzene rings is 2. The molecule has 0 spiro atoms. The molecule has 2 aromatic rings. The first-order chi connectivity index (χ1) is 15.4. The monoisotopic (exact) mass is 557 g/mol. The van der Waals surface area contributed by atoms with Crippen LogP contribution in [0, 0.1) is 0 Å². The van der Waals surface area contributed by atoms with Crippen LogP contribution in [0.1, 0.15) is 32.8 Å². The maximum atomic E-state index is 13.5. The highest BCUT2D eigenvalue weighted by Gasteiger charge is 2.30. The summed E-state index contributed by atoms with van der Waals surface area (Å²) in [5, 5.41) is 3.34. The van der Waals surface area contributed by atoms with Gasteiger partial charge in [-0.3, -0.25) is 13.9 Å². The zero-order valence-electron chi connectivity index (χ0n) is 19.1. The summed E-state index contributed by atoms with van der Waals surface area (Å²) in [5.74, 6) is -0.842. The molecule has 10 heteroatoms. The lowest BCUT2D eigenvalue weighted by Gasteiger charge is -2.32. The standard InChI is InChI=1S/C23H29BrClN3O4S/c1-5-16(2)26-23(30)17(3)27(14-18-9-6-7-12-21(18)25)22(29)15-28(33(4,31)32)20-11-8-10-19(24)13-20/h6-13,16-17H,5,14-15H2,1-4H3,(H,26,30)/t16-,17-/m0/s1. The van der Waals surface area contributed by atoms with Crippen molar-refractivity contribution >= 4 is 55.1 Å². The summed E-state index contributed by atoms with van der Waals surface area (Å²) < 4.78 is 26.8. The van der Waals surface area contributed by atoms with E-state index in [2.05, 4.69) is 21.2 Å². The van der Waals surface area contributed by atoms with Crippen LogP contribution in [0.4, 0.5) is 5.69 Å². The number of carbonyl (C=O) groups is 2. The van der Waals surface area contributed by atoms with E-state index in [1.807, 2.05) is 13.8 Å². The summed E-state index contributed by atoms with van der Waals surface area (Å²) in [6, 6.07) is 12.8. The van der Waals surface area contributed by atoms with Crippen molar-refractivity contribution in [2.24, 2.45) is 0 Å². The van der Waals surface area contributed by atoms with Crippen LogP contribution in [0.2, 0.25) is 5.02 Å². The van der Waals surface area contributed by atoms with Gasteiger partial charge in [0, 0.05) is 22.1 Å². The number of nitrogens with zero attached hydrogens (tertiary/aromatic N) is 2. The van der Waals surface area contributed by atoms with E-state index in [-0.39, 0.29) is 18.5 Å². The van der Waals surface area contributed by atoms with Gasteiger partial charge in [0.15, 0.2) is 0 Å². The van der Waals surface area contributed by atoms with Gasteiger partial charge in [-0.1, -0.05) is 58.7 Å². The minimum atomic E-state index is -3.77. The molecular formula is C23H29BrClN3O4S. The summed E-state index contributed by atoms with van der Waals surface area (Å²) >= 11 is 9.64. The number of sulfonamides is 1. The molecule has 0 aliphatic heterocycles. The largest absolute Gasteiger partial charge is 0.352 e. The second-order valence-corrected chi connectivity index (χ2v) is 11.1. The third-order valence-corrected chi connectivity index (χ3v) is 7.24. The van der Waals surface area contributed by atoms with Crippen LogP contribution in [0.25, 0.3) is 0 Å². The van der Waals surface area contributed by atoms with Gasteiger partial charge >= 0.3 is 0 Å². The van der Waals surface area contributed by atoms with E-state index in [1.54, 1.807) is 55.5 Å². The van der Waals surface area contributed by atoms with Crippen LogP contribution in [0.3, 0.4) is 0 Å². The number of anilines is 1. The van der Waals surface area contributed by atoms with Crippen molar-refractivity contribution in [1.29, 1.82) is 0 Å². The van der Waals surface area contributed by atoms with Crippen LogP contribution >= 0.6 is 27.5 Å².